The zero-order valence-electron chi connectivity index (χ0n) is 8.44. The van der Waals surface area contributed by atoms with Crippen LogP contribution in [0.5, 0.6) is 5.75 Å². The summed E-state index contributed by atoms with van der Waals surface area (Å²) < 4.78 is 5.78. The molecule has 0 spiro atoms. The molecule has 0 saturated heterocycles. The third-order valence-corrected chi connectivity index (χ3v) is 2.24. The summed E-state index contributed by atoms with van der Waals surface area (Å²) in [4.78, 5) is 15.2. The van der Waals surface area contributed by atoms with Gasteiger partial charge in [0.15, 0.2) is 12.4 Å². The van der Waals surface area contributed by atoms with Gasteiger partial charge in [-0.3, -0.25) is 4.79 Å². The molecular formula is C10H10BrN3O2. The normalized spacial score (nSPS) is 9.25. The molecule has 0 aliphatic carbocycles. The van der Waals surface area contributed by atoms with Crippen molar-refractivity contribution in [2.45, 2.75) is 6.42 Å². The highest BCUT2D eigenvalue weighted by atomic mass is 79.9. The van der Waals surface area contributed by atoms with Crippen molar-refractivity contribution in [1.82, 2.24) is 10.3 Å². The highest BCUT2D eigenvalue weighted by Gasteiger charge is 2.04. The number of pyridine rings is 1. The molecule has 0 aliphatic heterocycles. The lowest BCUT2D eigenvalue weighted by molar-refractivity contribution is -0.123. The summed E-state index contributed by atoms with van der Waals surface area (Å²) in [6.45, 7) is 0.253. The molecule has 0 atom stereocenters. The van der Waals surface area contributed by atoms with Crippen molar-refractivity contribution in [3.63, 3.8) is 0 Å². The topological polar surface area (TPSA) is 75.0 Å². The third-order valence-electron chi connectivity index (χ3n) is 1.64. The maximum atomic E-state index is 11.2. The average Bonchev–Trinajstić information content (AvgIpc) is 2.28. The fraction of sp³-hybridized carbons (Fsp3) is 0.300. The van der Waals surface area contributed by atoms with Crippen molar-refractivity contribution in [3.8, 4) is 11.8 Å². The number of nitrogens with one attached hydrogen (secondary N) is 1. The minimum Gasteiger partial charge on any atom is -0.481 e. The second-order valence-corrected chi connectivity index (χ2v) is 3.59. The number of rotatable bonds is 5. The SMILES string of the molecule is N#CCCNC(=O)COc1cccnc1Br. The summed E-state index contributed by atoms with van der Waals surface area (Å²) >= 11 is 3.20. The third kappa shape index (κ3) is 4.28. The van der Waals surface area contributed by atoms with Gasteiger partial charge in [0.05, 0.1) is 12.5 Å². The average molecular weight is 284 g/mol. The molecule has 0 aliphatic rings. The number of ether oxygens (including phenoxy) is 1. The van der Waals surface area contributed by atoms with E-state index in [1.165, 1.54) is 0 Å². The van der Waals surface area contributed by atoms with E-state index in [9.17, 15) is 4.79 Å². The molecule has 6 heteroatoms. The first-order valence-electron chi connectivity index (χ1n) is 4.61. The molecule has 0 unspecified atom stereocenters. The monoisotopic (exact) mass is 283 g/mol. The van der Waals surface area contributed by atoms with E-state index in [-0.39, 0.29) is 12.5 Å². The van der Waals surface area contributed by atoms with Crippen LogP contribution in [0.3, 0.4) is 0 Å². The predicted molar refractivity (Wildman–Crippen MR) is 60.7 cm³/mol. The standard InChI is InChI=1S/C10H10BrN3O2/c11-10-8(3-1-5-14-10)16-7-9(15)13-6-2-4-12/h1,3,5H,2,6-7H2,(H,13,15). The van der Waals surface area contributed by atoms with Crippen LogP contribution in [0.1, 0.15) is 6.42 Å². The van der Waals surface area contributed by atoms with E-state index in [2.05, 4.69) is 26.2 Å². The van der Waals surface area contributed by atoms with Crippen LogP contribution in [0, 0.1) is 11.3 Å². The summed E-state index contributed by atoms with van der Waals surface area (Å²) in [6, 6.07) is 5.36. The number of carbonyl (C=O) groups excluding carboxylic acids is 1. The number of hydrogen-bond acceptors (Lipinski definition) is 4. The molecule has 1 aromatic rings. The van der Waals surface area contributed by atoms with Gasteiger partial charge in [-0.15, -0.1) is 0 Å². The number of hydrogen-bond donors (Lipinski definition) is 1. The molecule has 5 nitrogen and oxygen atoms in total. The first kappa shape index (κ1) is 12.5. The Hall–Kier alpha value is -1.61. The molecule has 16 heavy (non-hydrogen) atoms. The highest BCUT2D eigenvalue weighted by molar-refractivity contribution is 9.10. The number of aromatic nitrogens is 1. The van der Waals surface area contributed by atoms with Gasteiger partial charge in [-0.05, 0) is 28.1 Å². The van der Waals surface area contributed by atoms with Crippen molar-refractivity contribution in [2.24, 2.45) is 0 Å². The lowest BCUT2D eigenvalue weighted by atomic mass is 10.4. The number of carbonyl (C=O) groups is 1. The molecule has 0 aromatic carbocycles. The van der Waals surface area contributed by atoms with Crippen molar-refractivity contribution >= 4 is 21.8 Å². The lowest BCUT2D eigenvalue weighted by Crippen LogP contribution is -2.29. The summed E-state index contributed by atoms with van der Waals surface area (Å²) in [7, 11) is 0. The Morgan fingerprint density at radius 3 is 3.19 bits per heavy atom. The van der Waals surface area contributed by atoms with E-state index in [1.807, 2.05) is 6.07 Å². The van der Waals surface area contributed by atoms with Crippen LogP contribution in [-0.4, -0.2) is 24.0 Å². The summed E-state index contributed by atoms with van der Waals surface area (Å²) in [5, 5.41) is 10.8. The molecule has 0 saturated carbocycles. The van der Waals surface area contributed by atoms with E-state index in [0.29, 0.717) is 23.3 Å². The van der Waals surface area contributed by atoms with Crippen molar-refractivity contribution in [2.75, 3.05) is 13.2 Å². The van der Waals surface area contributed by atoms with Crippen molar-refractivity contribution in [1.29, 1.82) is 5.26 Å². The van der Waals surface area contributed by atoms with E-state index < -0.39 is 0 Å². The van der Waals surface area contributed by atoms with Gasteiger partial charge >= 0.3 is 0 Å². The second kappa shape index (κ2) is 6.80. The van der Waals surface area contributed by atoms with Crippen molar-refractivity contribution in [3.05, 3.63) is 22.9 Å². The lowest BCUT2D eigenvalue weighted by Gasteiger charge is -2.06. The summed E-state index contributed by atoms with van der Waals surface area (Å²) in [5.74, 6) is 0.254. The largest absolute Gasteiger partial charge is 0.481 e. The molecule has 0 fully saturated rings. The maximum absolute atomic E-state index is 11.2. The van der Waals surface area contributed by atoms with Crippen LogP contribution >= 0.6 is 15.9 Å². The first-order chi connectivity index (χ1) is 7.74. The van der Waals surface area contributed by atoms with E-state index >= 15 is 0 Å². The quantitative estimate of drug-likeness (QED) is 0.652. The maximum Gasteiger partial charge on any atom is 0.257 e. The summed E-state index contributed by atoms with van der Waals surface area (Å²) in [5.41, 5.74) is 0. The fourth-order valence-electron chi connectivity index (χ4n) is 0.931. The van der Waals surface area contributed by atoms with Crippen LogP contribution in [0.15, 0.2) is 22.9 Å². The number of amides is 1. The molecule has 84 valence electrons. The van der Waals surface area contributed by atoms with E-state index in [1.54, 1.807) is 18.3 Å². The van der Waals surface area contributed by atoms with Crippen molar-refractivity contribution < 1.29 is 9.53 Å². The van der Waals surface area contributed by atoms with E-state index in [4.69, 9.17) is 10.00 Å². The molecule has 1 N–H and O–H groups in total. The number of halogens is 1. The Kier molecular flexibility index (Phi) is 5.29. The second-order valence-electron chi connectivity index (χ2n) is 2.84. The molecule has 1 aromatic heterocycles. The van der Waals surface area contributed by atoms with Gasteiger partial charge < -0.3 is 10.1 Å². The molecule has 0 bridgehead atoms. The van der Waals surface area contributed by atoms with Crippen LogP contribution in [0.2, 0.25) is 0 Å². The van der Waals surface area contributed by atoms with Gasteiger partial charge in [0.1, 0.15) is 4.60 Å². The minimum atomic E-state index is -0.258. The van der Waals surface area contributed by atoms with Gasteiger partial charge in [0.2, 0.25) is 0 Å². The smallest absolute Gasteiger partial charge is 0.257 e. The van der Waals surface area contributed by atoms with Gasteiger partial charge in [-0.1, -0.05) is 0 Å². The zero-order valence-corrected chi connectivity index (χ0v) is 10.0. The van der Waals surface area contributed by atoms with Gasteiger partial charge in [-0.25, -0.2) is 4.98 Å². The zero-order chi connectivity index (χ0) is 11.8. The molecule has 1 rings (SSSR count). The van der Waals surface area contributed by atoms with Crippen LogP contribution in [0.25, 0.3) is 0 Å². The van der Waals surface area contributed by atoms with Gasteiger partial charge in [-0.2, -0.15) is 5.26 Å². The number of nitrogens with zero attached hydrogens (tertiary/aromatic N) is 2. The molecule has 1 amide bonds. The Morgan fingerprint density at radius 2 is 2.50 bits per heavy atom. The number of nitriles is 1. The first-order valence-corrected chi connectivity index (χ1v) is 5.40. The molecular weight excluding hydrogens is 274 g/mol. The molecule has 1 heterocycles. The highest BCUT2D eigenvalue weighted by Crippen LogP contribution is 2.20. The van der Waals surface area contributed by atoms with Crippen LogP contribution in [0.4, 0.5) is 0 Å². The van der Waals surface area contributed by atoms with Crippen LogP contribution in [-0.2, 0) is 4.79 Å². The Morgan fingerprint density at radius 1 is 1.69 bits per heavy atom. The van der Waals surface area contributed by atoms with Crippen LogP contribution < -0.4 is 10.1 Å². The van der Waals surface area contributed by atoms with Gasteiger partial charge in [0.25, 0.3) is 5.91 Å². The minimum absolute atomic E-state index is 0.0876. The summed E-state index contributed by atoms with van der Waals surface area (Å²) in [6.07, 6.45) is 1.91. The Bertz CT molecular complexity index is 403. The fourth-order valence-corrected chi connectivity index (χ4v) is 1.30. The molecule has 0 radical (unpaired) electrons. The predicted octanol–water partition coefficient (Wildman–Crippen LogP) is 1.25. The Balaban J connectivity index is 2.32. The van der Waals surface area contributed by atoms with E-state index in [0.717, 1.165) is 0 Å². The Labute approximate surface area is 102 Å². The van der Waals surface area contributed by atoms with Gasteiger partial charge in [0, 0.05) is 12.7 Å².